The number of carbonyl (C=O) groups is 2. The zero-order chi connectivity index (χ0) is 15.6. The van der Waals surface area contributed by atoms with E-state index in [1.165, 1.54) is 0 Å². The van der Waals surface area contributed by atoms with Gasteiger partial charge in [-0.2, -0.15) is 5.26 Å². The third-order valence-corrected chi connectivity index (χ3v) is 3.55. The van der Waals surface area contributed by atoms with Gasteiger partial charge in [-0.3, -0.25) is 4.79 Å². The van der Waals surface area contributed by atoms with Gasteiger partial charge in [0.15, 0.2) is 15.1 Å². The first kappa shape index (κ1) is 17.9. The molecule has 0 aromatic heterocycles. The van der Waals surface area contributed by atoms with Gasteiger partial charge in [0.2, 0.25) is 5.91 Å². The van der Waals surface area contributed by atoms with Crippen molar-refractivity contribution in [1.82, 2.24) is 10.6 Å². The fraction of sp³-hybridized carbons (Fsp3) is 0.545. The molecule has 0 aliphatic rings. The van der Waals surface area contributed by atoms with Gasteiger partial charge in [0.1, 0.15) is 6.54 Å². The van der Waals surface area contributed by atoms with E-state index in [2.05, 4.69) is 17.2 Å². The van der Waals surface area contributed by atoms with Crippen LogP contribution in [0.1, 0.15) is 6.42 Å². The molecule has 20 heavy (non-hydrogen) atoms. The lowest BCUT2D eigenvalue weighted by molar-refractivity contribution is -0.120. The quantitative estimate of drug-likeness (QED) is 0.348. The number of sulfone groups is 1. The van der Waals surface area contributed by atoms with Crippen LogP contribution in [0.3, 0.4) is 0 Å². The maximum absolute atomic E-state index is 11.6. The zero-order valence-electron chi connectivity index (χ0n) is 11.1. The zero-order valence-corrected chi connectivity index (χ0v) is 11.9. The monoisotopic (exact) mass is 303 g/mol. The van der Waals surface area contributed by atoms with Crippen molar-refractivity contribution >= 4 is 21.8 Å². The van der Waals surface area contributed by atoms with Gasteiger partial charge in [-0.05, 0) is 6.42 Å². The molecule has 0 aliphatic heterocycles. The van der Waals surface area contributed by atoms with Gasteiger partial charge in [0.25, 0.3) is 0 Å². The van der Waals surface area contributed by atoms with Crippen LogP contribution in [0.2, 0.25) is 0 Å². The molecule has 0 heterocycles. The van der Waals surface area contributed by atoms with E-state index in [0.717, 1.165) is 6.26 Å². The van der Waals surface area contributed by atoms with Crippen molar-refractivity contribution in [2.75, 3.05) is 26.0 Å². The molecule has 0 bridgehead atoms. The second kappa shape index (κ2) is 8.92. The molecule has 0 saturated carbocycles. The SMILES string of the molecule is C=CCCOC(=O)NCC(C(=O)NCC#N)S(C)(=O)=O. The Labute approximate surface area is 117 Å². The van der Waals surface area contributed by atoms with Crippen LogP contribution in [0.5, 0.6) is 0 Å². The fourth-order valence-corrected chi connectivity index (χ4v) is 2.00. The molecule has 1 atom stereocenters. The lowest BCUT2D eigenvalue weighted by Crippen LogP contribution is -2.47. The van der Waals surface area contributed by atoms with E-state index < -0.39 is 33.6 Å². The van der Waals surface area contributed by atoms with Gasteiger partial charge in [-0.15, -0.1) is 6.58 Å². The molecule has 8 nitrogen and oxygen atoms in total. The van der Waals surface area contributed by atoms with Crippen molar-refractivity contribution in [3.63, 3.8) is 0 Å². The Kier molecular flexibility index (Phi) is 8.00. The molecular formula is C11H17N3O5S. The molecule has 0 aromatic carbocycles. The average molecular weight is 303 g/mol. The molecule has 2 N–H and O–H groups in total. The minimum atomic E-state index is -3.72. The van der Waals surface area contributed by atoms with E-state index >= 15 is 0 Å². The molecule has 0 fully saturated rings. The summed E-state index contributed by atoms with van der Waals surface area (Å²) in [6, 6.07) is 1.66. The molecular weight excluding hydrogens is 286 g/mol. The van der Waals surface area contributed by atoms with Gasteiger partial charge in [0.05, 0.1) is 12.7 Å². The number of hydrogen-bond acceptors (Lipinski definition) is 6. The lowest BCUT2D eigenvalue weighted by Gasteiger charge is -2.14. The topological polar surface area (TPSA) is 125 Å². The summed E-state index contributed by atoms with van der Waals surface area (Å²) in [4.78, 5) is 22.8. The summed E-state index contributed by atoms with van der Waals surface area (Å²) in [5, 5.41) is 11.2. The highest BCUT2D eigenvalue weighted by molar-refractivity contribution is 7.92. The second-order valence-electron chi connectivity index (χ2n) is 3.79. The van der Waals surface area contributed by atoms with Crippen LogP contribution in [-0.2, 0) is 19.4 Å². The van der Waals surface area contributed by atoms with E-state index in [1.807, 2.05) is 0 Å². The smallest absolute Gasteiger partial charge is 0.407 e. The Morgan fingerprint density at radius 3 is 2.60 bits per heavy atom. The van der Waals surface area contributed by atoms with Crippen molar-refractivity contribution in [2.45, 2.75) is 11.7 Å². The Morgan fingerprint density at radius 2 is 2.10 bits per heavy atom. The van der Waals surface area contributed by atoms with Crippen molar-refractivity contribution in [1.29, 1.82) is 5.26 Å². The van der Waals surface area contributed by atoms with Crippen molar-refractivity contribution in [2.24, 2.45) is 0 Å². The summed E-state index contributed by atoms with van der Waals surface area (Å²) < 4.78 is 27.6. The predicted molar refractivity (Wildman–Crippen MR) is 71.4 cm³/mol. The summed E-state index contributed by atoms with van der Waals surface area (Å²) in [6.07, 6.45) is 2.07. The normalized spacial score (nSPS) is 11.8. The van der Waals surface area contributed by atoms with Crippen LogP contribution in [0.25, 0.3) is 0 Å². The van der Waals surface area contributed by atoms with Crippen LogP contribution in [-0.4, -0.2) is 51.6 Å². The number of alkyl carbamates (subject to hydrolysis) is 1. The summed E-state index contributed by atoms with van der Waals surface area (Å²) >= 11 is 0. The molecule has 0 rings (SSSR count). The van der Waals surface area contributed by atoms with E-state index in [1.54, 1.807) is 12.1 Å². The average Bonchev–Trinajstić information content (AvgIpc) is 2.35. The highest BCUT2D eigenvalue weighted by Crippen LogP contribution is 1.99. The molecule has 0 saturated heterocycles. The Hall–Kier alpha value is -2.08. The maximum atomic E-state index is 11.6. The van der Waals surface area contributed by atoms with E-state index in [0.29, 0.717) is 6.42 Å². The number of ether oxygens (including phenoxy) is 1. The third kappa shape index (κ3) is 7.38. The summed E-state index contributed by atoms with van der Waals surface area (Å²) in [6.45, 7) is 2.82. The van der Waals surface area contributed by atoms with E-state index in [9.17, 15) is 18.0 Å². The first-order valence-corrected chi connectivity index (χ1v) is 7.63. The number of carbonyl (C=O) groups excluding carboxylic acids is 2. The number of rotatable bonds is 8. The summed E-state index contributed by atoms with van der Waals surface area (Å²) in [5.41, 5.74) is 0. The largest absolute Gasteiger partial charge is 0.449 e. The van der Waals surface area contributed by atoms with Crippen molar-refractivity contribution in [3.05, 3.63) is 12.7 Å². The minimum Gasteiger partial charge on any atom is -0.449 e. The molecule has 0 aromatic rings. The molecule has 112 valence electrons. The van der Waals surface area contributed by atoms with E-state index in [-0.39, 0.29) is 13.2 Å². The van der Waals surface area contributed by atoms with Gasteiger partial charge < -0.3 is 15.4 Å². The highest BCUT2D eigenvalue weighted by atomic mass is 32.2. The standard InChI is InChI=1S/C11H17N3O5S/c1-3-4-7-19-11(16)14-8-9(20(2,17)18)10(15)13-6-5-12/h3,9H,1,4,6-8H2,2H3,(H,13,15)(H,14,16). The van der Waals surface area contributed by atoms with Gasteiger partial charge in [0, 0.05) is 12.8 Å². The molecule has 1 unspecified atom stereocenters. The summed E-state index contributed by atoms with van der Waals surface area (Å²) in [5.74, 6) is -0.847. The number of nitrogens with one attached hydrogen (secondary N) is 2. The second-order valence-corrected chi connectivity index (χ2v) is 6.02. The molecule has 0 radical (unpaired) electrons. The van der Waals surface area contributed by atoms with Crippen LogP contribution in [0.15, 0.2) is 12.7 Å². The maximum Gasteiger partial charge on any atom is 0.407 e. The van der Waals surface area contributed by atoms with Gasteiger partial charge >= 0.3 is 6.09 Å². The third-order valence-electron chi connectivity index (χ3n) is 2.14. The Balaban J connectivity index is 4.46. The fourth-order valence-electron chi connectivity index (χ4n) is 1.14. The molecule has 0 spiro atoms. The molecule has 2 amide bonds. The summed E-state index contributed by atoms with van der Waals surface area (Å²) in [7, 11) is -3.72. The predicted octanol–water partition coefficient (Wildman–Crippen LogP) is -0.658. The minimum absolute atomic E-state index is 0.111. The van der Waals surface area contributed by atoms with Crippen LogP contribution in [0, 0.1) is 11.3 Å². The number of nitriles is 1. The number of nitrogens with zero attached hydrogens (tertiary/aromatic N) is 1. The number of amides is 2. The molecule has 0 aliphatic carbocycles. The Bertz CT molecular complexity index is 495. The number of hydrogen-bond donors (Lipinski definition) is 2. The van der Waals surface area contributed by atoms with Crippen molar-refractivity contribution in [3.8, 4) is 6.07 Å². The lowest BCUT2D eigenvalue weighted by atomic mass is 10.4. The highest BCUT2D eigenvalue weighted by Gasteiger charge is 2.29. The Morgan fingerprint density at radius 1 is 1.45 bits per heavy atom. The van der Waals surface area contributed by atoms with Crippen LogP contribution < -0.4 is 10.6 Å². The molecule has 9 heteroatoms. The van der Waals surface area contributed by atoms with Crippen molar-refractivity contribution < 1.29 is 22.7 Å². The van der Waals surface area contributed by atoms with Gasteiger partial charge in [-0.1, -0.05) is 6.08 Å². The van der Waals surface area contributed by atoms with Crippen LogP contribution >= 0.6 is 0 Å². The first-order chi connectivity index (χ1) is 9.32. The first-order valence-electron chi connectivity index (χ1n) is 5.68. The van der Waals surface area contributed by atoms with E-state index in [4.69, 9.17) is 10.00 Å². The van der Waals surface area contributed by atoms with Crippen LogP contribution in [0.4, 0.5) is 4.79 Å². The van der Waals surface area contributed by atoms with Gasteiger partial charge in [-0.25, -0.2) is 13.2 Å².